The molecule has 0 amide bonds. The molecule has 1 aromatic heterocycles. The Bertz CT molecular complexity index is 448. The lowest BCUT2D eigenvalue weighted by molar-refractivity contribution is 0.103. The lowest BCUT2D eigenvalue weighted by Crippen LogP contribution is -1.99. The normalized spacial score (nSPS) is 10.1. The average molecular weight is 206 g/mol. The number of thiophene rings is 1. The van der Waals surface area contributed by atoms with Gasteiger partial charge in [-0.1, -0.05) is 12.1 Å². The van der Waals surface area contributed by atoms with Gasteiger partial charge in [-0.3, -0.25) is 4.79 Å². The molecule has 70 valence electrons. The number of carbonyl (C=O) groups is 1. The van der Waals surface area contributed by atoms with Crippen molar-refractivity contribution in [2.75, 3.05) is 0 Å². The molecular weight excluding hydrogens is 199 g/mol. The number of rotatable bonds is 2. The Kier molecular flexibility index (Phi) is 2.41. The largest absolute Gasteiger partial charge is 0.289 e. The molecular formula is C11H7FOS. The fraction of sp³-hybridized carbons (Fsp3) is 0. The number of hydrogen-bond donors (Lipinski definition) is 0. The smallest absolute Gasteiger partial charge is 0.193 e. The van der Waals surface area contributed by atoms with Crippen LogP contribution in [0.2, 0.25) is 0 Å². The summed E-state index contributed by atoms with van der Waals surface area (Å²) in [6, 6.07) is 7.46. The Balaban J connectivity index is 2.37. The van der Waals surface area contributed by atoms with Crippen molar-refractivity contribution in [3.05, 3.63) is 58.0 Å². The van der Waals surface area contributed by atoms with Gasteiger partial charge < -0.3 is 0 Å². The monoisotopic (exact) mass is 206 g/mol. The molecule has 0 spiro atoms. The van der Waals surface area contributed by atoms with Crippen molar-refractivity contribution < 1.29 is 9.18 Å². The third-order valence-corrected chi connectivity index (χ3v) is 2.55. The van der Waals surface area contributed by atoms with Crippen LogP contribution < -0.4 is 0 Å². The van der Waals surface area contributed by atoms with E-state index in [-0.39, 0.29) is 11.6 Å². The highest BCUT2D eigenvalue weighted by atomic mass is 32.1. The Morgan fingerprint density at radius 3 is 2.71 bits per heavy atom. The van der Waals surface area contributed by atoms with Crippen LogP contribution in [0.5, 0.6) is 0 Å². The lowest BCUT2D eigenvalue weighted by atomic mass is 10.1. The summed E-state index contributed by atoms with van der Waals surface area (Å²) >= 11 is 1.45. The molecule has 0 bridgehead atoms. The zero-order valence-corrected chi connectivity index (χ0v) is 8.05. The van der Waals surface area contributed by atoms with Gasteiger partial charge in [0.15, 0.2) is 5.78 Å². The molecule has 0 atom stereocenters. The first-order valence-electron chi connectivity index (χ1n) is 4.10. The number of hydrogen-bond acceptors (Lipinski definition) is 2. The van der Waals surface area contributed by atoms with Crippen molar-refractivity contribution in [2.45, 2.75) is 0 Å². The predicted molar refractivity (Wildman–Crippen MR) is 54.2 cm³/mol. The van der Waals surface area contributed by atoms with Gasteiger partial charge in [-0.25, -0.2) is 4.39 Å². The quantitative estimate of drug-likeness (QED) is 0.690. The molecule has 2 rings (SSSR count). The topological polar surface area (TPSA) is 17.1 Å². The van der Waals surface area contributed by atoms with Crippen molar-refractivity contribution >= 4 is 17.1 Å². The third-order valence-electron chi connectivity index (χ3n) is 1.87. The first kappa shape index (κ1) is 9.09. The second-order valence-electron chi connectivity index (χ2n) is 2.85. The fourth-order valence-corrected chi connectivity index (χ4v) is 1.83. The molecule has 0 N–H and O–H groups in total. The minimum Gasteiger partial charge on any atom is -0.289 e. The molecule has 0 saturated carbocycles. The van der Waals surface area contributed by atoms with E-state index in [9.17, 15) is 9.18 Å². The summed E-state index contributed by atoms with van der Waals surface area (Å²) in [5.74, 6) is -0.517. The molecule has 1 nitrogen and oxygen atoms in total. The summed E-state index contributed by atoms with van der Waals surface area (Å²) in [6.07, 6.45) is 0. The maximum Gasteiger partial charge on any atom is 0.193 e. The summed E-state index contributed by atoms with van der Waals surface area (Å²) < 4.78 is 12.8. The second-order valence-corrected chi connectivity index (χ2v) is 3.63. The zero-order valence-electron chi connectivity index (χ0n) is 7.24. The van der Waals surface area contributed by atoms with Crippen molar-refractivity contribution in [3.8, 4) is 0 Å². The van der Waals surface area contributed by atoms with Crippen molar-refractivity contribution in [1.82, 2.24) is 0 Å². The van der Waals surface area contributed by atoms with Crippen LogP contribution in [0, 0.1) is 5.82 Å². The Hall–Kier alpha value is -1.48. The van der Waals surface area contributed by atoms with Crippen molar-refractivity contribution in [1.29, 1.82) is 0 Å². The highest BCUT2D eigenvalue weighted by Crippen LogP contribution is 2.13. The van der Waals surface area contributed by atoms with Gasteiger partial charge in [-0.15, -0.1) is 0 Å². The molecule has 1 heterocycles. The van der Waals surface area contributed by atoms with Gasteiger partial charge in [0.2, 0.25) is 0 Å². The van der Waals surface area contributed by atoms with Crippen molar-refractivity contribution in [3.63, 3.8) is 0 Å². The van der Waals surface area contributed by atoms with Gasteiger partial charge in [0, 0.05) is 16.5 Å². The number of halogens is 1. The van der Waals surface area contributed by atoms with Crippen LogP contribution in [-0.4, -0.2) is 5.78 Å². The maximum absolute atomic E-state index is 12.8. The van der Waals surface area contributed by atoms with E-state index < -0.39 is 0 Å². The van der Waals surface area contributed by atoms with Gasteiger partial charge in [0.05, 0.1) is 0 Å². The van der Waals surface area contributed by atoms with Crippen LogP contribution in [0.4, 0.5) is 4.39 Å². The molecule has 0 radical (unpaired) electrons. The summed E-state index contributed by atoms with van der Waals surface area (Å²) in [6.45, 7) is 0. The van der Waals surface area contributed by atoms with Gasteiger partial charge in [-0.05, 0) is 23.6 Å². The number of benzene rings is 1. The Morgan fingerprint density at radius 2 is 2.07 bits per heavy atom. The first-order valence-corrected chi connectivity index (χ1v) is 5.04. The minimum atomic E-state index is -0.383. The molecule has 0 fully saturated rings. The van der Waals surface area contributed by atoms with E-state index in [1.54, 1.807) is 17.5 Å². The molecule has 0 aliphatic rings. The summed E-state index contributed by atoms with van der Waals surface area (Å²) in [7, 11) is 0. The zero-order chi connectivity index (χ0) is 9.97. The Labute approximate surface area is 84.8 Å². The van der Waals surface area contributed by atoms with Gasteiger partial charge in [0.1, 0.15) is 5.82 Å². The minimum absolute atomic E-state index is 0.134. The van der Waals surface area contributed by atoms with E-state index in [1.165, 1.54) is 29.5 Å². The molecule has 0 saturated heterocycles. The maximum atomic E-state index is 12.8. The van der Waals surface area contributed by atoms with Crippen LogP contribution in [0.25, 0.3) is 0 Å². The molecule has 0 unspecified atom stereocenters. The second kappa shape index (κ2) is 3.72. The third kappa shape index (κ3) is 1.72. The average Bonchev–Trinajstić information content (AvgIpc) is 2.69. The van der Waals surface area contributed by atoms with E-state index in [4.69, 9.17) is 0 Å². The van der Waals surface area contributed by atoms with E-state index in [0.29, 0.717) is 11.1 Å². The molecule has 0 aliphatic heterocycles. The number of ketones is 1. The highest BCUT2D eigenvalue weighted by Gasteiger charge is 2.09. The van der Waals surface area contributed by atoms with E-state index in [1.807, 2.05) is 5.38 Å². The summed E-state index contributed by atoms with van der Waals surface area (Å²) in [5.41, 5.74) is 1.00. The first-order chi connectivity index (χ1) is 6.77. The van der Waals surface area contributed by atoms with Crippen LogP contribution in [0.15, 0.2) is 41.1 Å². The van der Waals surface area contributed by atoms with Crippen LogP contribution >= 0.6 is 11.3 Å². The van der Waals surface area contributed by atoms with Gasteiger partial charge >= 0.3 is 0 Å². The standard InChI is InChI=1S/C11H7FOS/c12-10-3-1-2-8(6-10)11(13)9-4-5-14-7-9/h1-7H. The highest BCUT2D eigenvalue weighted by molar-refractivity contribution is 7.08. The van der Waals surface area contributed by atoms with Crippen LogP contribution in [0.3, 0.4) is 0 Å². The van der Waals surface area contributed by atoms with Crippen LogP contribution in [0.1, 0.15) is 15.9 Å². The van der Waals surface area contributed by atoms with E-state index >= 15 is 0 Å². The molecule has 14 heavy (non-hydrogen) atoms. The summed E-state index contributed by atoms with van der Waals surface area (Å²) in [4.78, 5) is 11.7. The molecule has 0 aliphatic carbocycles. The molecule has 2 aromatic rings. The van der Waals surface area contributed by atoms with Crippen molar-refractivity contribution in [2.24, 2.45) is 0 Å². The number of carbonyl (C=O) groups excluding carboxylic acids is 1. The fourth-order valence-electron chi connectivity index (χ4n) is 1.19. The van der Waals surface area contributed by atoms with E-state index in [2.05, 4.69) is 0 Å². The molecule has 1 aromatic carbocycles. The van der Waals surface area contributed by atoms with Crippen LogP contribution in [-0.2, 0) is 0 Å². The summed E-state index contributed by atoms with van der Waals surface area (Å²) in [5, 5.41) is 3.58. The predicted octanol–water partition coefficient (Wildman–Crippen LogP) is 3.12. The van der Waals surface area contributed by atoms with E-state index in [0.717, 1.165) is 0 Å². The van der Waals surface area contributed by atoms with Gasteiger partial charge in [0.25, 0.3) is 0 Å². The lowest BCUT2D eigenvalue weighted by Gasteiger charge is -1.97. The molecule has 3 heteroatoms. The van der Waals surface area contributed by atoms with Gasteiger partial charge in [-0.2, -0.15) is 11.3 Å². The SMILES string of the molecule is O=C(c1ccsc1)c1cccc(F)c1. The Morgan fingerprint density at radius 1 is 1.21 bits per heavy atom.